The summed E-state index contributed by atoms with van der Waals surface area (Å²) in [5.41, 5.74) is 7.71. The minimum absolute atomic E-state index is 0.311. The van der Waals surface area contributed by atoms with E-state index in [-0.39, 0.29) is 5.97 Å². The second-order valence-corrected chi connectivity index (χ2v) is 4.99. The Balaban J connectivity index is 2.15. The predicted molar refractivity (Wildman–Crippen MR) is 72.6 cm³/mol. The number of rotatable bonds is 5. The summed E-state index contributed by atoms with van der Waals surface area (Å²) >= 11 is 0. The molecule has 1 unspecified atom stereocenters. The molecule has 1 aliphatic carbocycles. The van der Waals surface area contributed by atoms with E-state index in [2.05, 4.69) is 12.2 Å². The summed E-state index contributed by atoms with van der Waals surface area (Å²) in [6, 6.07) is 5.59. The molecule has 2 rings (SSSR count). The Morgan fingerprint density at radius 3 is 2.89 bits per heavy atom. The van der Waals surface area contributed by atoms with Crippen molar-refractivity contribution in [2.45, 2.75) is 32.2 Å². The number of carbonyl (C=O) groups is 1. The monoisotopic (exact) mass is 248 g/mol. The molecule has 1 aliphatic rings. The molecule has 18 heavy (non-hydrogen) atoms. The number of anilines is 2. The Kier molecular flexibility index (Phi) is 3.75. The lowest BCUT2D eigenvalue weighted by molar-refractivity contribution is 0.0602. The molecule has 1 saturated carbocycles. The molecule has 0 spiro atoms. The average molecular weight is 248 g/mol. The van der Waals surface area contributed by atoms with Crippen LogP contribution in [-0.4, -0.2) is 19.1 Å². The third kappa shape index (κ3) is 2.94. The molecule has 4 heteroatoms. The molecule has 0 bridgehead atoms. The lowest BCUT2D eigenvalue weighted by Crippen LogP contribution is -2.19. The van der Waals surface area contributed by atoms with Crippen LogP contribution in [-0.2, 0) is 4.74 Å². The second-order valence-electron chi connectivity index (χ2n) is 4.99. The highest BCUT2D eigenvalue weighted by Crippen LogP contribution is 2.35. The molecule has 4 nitrogen and oxygen atoms in total. The van der Waals surface area contributed by atoms with Crippen LogP contribution in [0.5, 0.6) is 0 Å². The van der Waals surface area contributed by atoms with E-state index >= 15 is 0 Å². The molecule has 1 atom stereocenters. The first kappa shape index (κ1) is 12.7. The first-order valence-corrected chi connectivity index (χ1v) is 6.35. The number of nitrogen functional groups attached to an aromatic ring is 1. The van der Waals surface area contributed by atoms with Gasteiger partial charge in [-0.15, -0.1) is 0 Å². The number of para-hydroxylation sites is 1. The molecule has 1 aromatic carbocycles. The average Bonchev–Trinajstić information content (AvgIpc) is 3.14. The largest absolute Gasteiger partial charge is 0.465 e. The number of hydrogen-bond donors (Lipinski definition) is 2. The quantitative estimate of drug-likeness (QED) is 0.621. The van der Waals surface area contributed by atoms with E-state index in [4.69, 9.17) is 10.5 Å². The molecule has 0 heterocycles. The Morgan fingerprint density at radius 2 is 2.28 bits per heavy atom. The van der Waals surface area contributed by atoms with Crippen LogP contribution in [0.2, 0.25) is 0 Å². The zero-order chi connectivity index (χ0) is 13.1. The maximum Gasteiger partial charge on any atom is 0.340 e. The van der Waals surface area contributed by atoms with Crippen LogP contribution < -0.4 is 11.1 Å². The summed E-state index contributed by atoms with van der Waals surface area (Å²) in [4.78, 5) is 11.7. The highest BCUT2D eigenvalue weighted by molar-refractivity contribution is 5.98. The van der Waals surface area contributed by atoms with Gasteiger partial charge in [0.1, 0.15) is 0 Å². The number of ether oxygens (including phenoxy) is 1. The summed E-state index contributed by atoms with van der Waals surface area (Å²) in [7, 11) is 1.38. The van der Waals surface area contributed by atoms with Gasteiger partial charge in [0.15, 0.2) is 0 Å². The molecule has 0 aliphatic heterocycles. The van der Waals surface area contributed by atoms with Crippen LogP contribution in [0.25, 0.3) is 0 Å². The SMILES string of the molecule is COC(=O)c1cccc(N)c1NC(C)CC1CC1. The van der Waals surface area contributed by atoms with Gasteiger partial charge in [-0.2, -0.15) is 0 Å². The Hall–Kier alpha value is -1.71. The van der Waals surface area contributed by atoms with Crippen molar-refractivity contribution < 1.29 is 9.53 Å². The van der Waals surface area contributed by atoms with Crippen LogP contribution in [0.4, 0.5) is 11.4 Å². The van der Waals surface area contributed by atoms with E-state index in [1.165, 1.54) is 20.0 Å². The van der Waals surface area contributed by atoms with E-state index in [0.717, 1.165) is 12.3 Å². The Labute approximate surface area is 108 Å². The van der Waals surface area contributed by atoms with Gasteiger partial charge < -0.3 is 15.8 Å². The van der Waals surface area contributed by atoms with Crippen LogP contribution in [0.15, 0.2) is 18.2 Å². The van der Waals surface area contributed by atoms with E-state index in [9.17, 15) is 4.79 Å². The molecule has 98 valence electrons. The topological polar surface area (TPSA) is 64.3 Å². The van der Waals surface area contributed by atoms with Gasteiger partial charge in [-0.25, -0.2) is 4.79 Å². The molecular formula is C14H20N2O2. The molecular weight excluding hydrogens is 228 g/mol. The number of benzene rings is 1. The van der Waals surface area contributed by atoms with E-state index < -0.39 is 0 Å². The van der Waals surface area contributed by atoms with Gasteiger partial charge >= 0.3 is 5.97 Å². The van der Waals surface area contributed by atoms with Gasteiger partial charge in [0.05, 0.1) is 24.0 Å². The third-order valence-electron chi connectivity index (χ3n) is 3.28. The molecule has 3 N–H and O–H groups in total. The maximum atomic E-state index is 11.7. The summed E-state index contributed by atoms with van der Waals surface area (Å²) in [5.74, 6) is 0.474. The highest BCUT2D eigenvalue weighted by Gasteiger charge is 2.24. The standard InChI is InChI=1S/C14H20N2O2/c1-9(8-10-6-7-10)16-13-11(14(17)18-2)4-3-5-12(13)15/h3-5,9-10,16H,6-8,15H2,1-2H3. The highest BCUT2D eigenvalue weighted by atomic mass is 16.5. The fourth-order valence-corrected chi connectivity index (χ4v) is 2.17. The van der Waals surface area contributed by atoms with Crippen molar-refractivity contribution in [3.63, 3.8) is 0 Å². The van der Waals surface area contributed by atoms with Crippen molar-refractivity contribution in [3.05, 3.63) is 23.8 Å². The normalized spacial score (nSPS) is 16.1. The lowest BCUT2D eigenvalue weighted by Gasteiger charge is -2.18. The number of hydrogen-bond acceptors (Lipinski definition) is 4. The van der Waals surface area contributed by atoms with Crippen molar-refractivity contribution in [2.24, 2.45) is 5.92 Å². The first-order valence-electron chi connectivity index (χ1n) is 6.35. The van der Waals surface area contributed by atoms with E-state index in [1.807, 2.05) is 0 Å². The zero-order valence-electron chi connectivity index (χ0n) is 10.9. The van der Waals surface area contributed by atoms with Crippen LogP contribution in [0.1, 0.15) is 36.5 Å². The summed E-state index contributed by atoms with van der Waals surface area (Å²) in [6.45, 7) is 2.12. The molecule has 0 aromatic heterocycles. The lowest BCUT2D eigenvalue weighted by atomic mass is 10.1. The van der Waals surface area contributed by atoms with Crippen molar-refractivity contribution in [1.82, 2.24) is 0 Å². The Morgan fingerprint density at radius 1 is 1.56 bits per heavy atom. The van der Waals surface area contributed by atoms with Crippen LogP contribution >= 0.6 is 0 Å². The van der Waals surface area contributed by atoms with E-state index in [1.54, 1.807) is 18.2 Å². The fraction of sp³-hybridized carbons (Fsp3) is 0.500. The molecule has 1 fully saturated rings. The third-order valence-corrected chi connectivity index (χ3v) is 3.28. The zero-order valence-corrected chi connectivity index (χ0v) is 10.9. The smallest absolute Gasteiger partial charge is 0.340 e. The minimum atomic E-state index is -0.358. The number of esters is 1. The second kappa shape index (κ2) is 5.29. The van der Waals surface area contributed by atoms with Gasteiger partial charge in [-0.1, -0.05) is 18.9 Å². The van der Waals surface area contributed by atoms with E-state index in [0.29, 0.717) is 23.0 Å². The molecule has 1 aromatic rings. The summed E-state index contributed by atoms with van der Waals surface area (Å²) in [5, 5.41) is 3.34. The van der Waals surface area contributed by atoms with Crippen LogP contribution in [0.3, 0.4) is 0 Å². The first-order chi connectivity index (χ1) is 8.61. The van der Waals surface area contributed by atoms with Crippen molar-refractivity contribution in [3.8, 4) is 0 Å². The van der Waals surface area contributed by atoms with Crippen LogP contribution in [0, 0.1) is 5.92 Å². The van der Waals surface area contributed by atoms with Gasteiger partial charge in [0, 0.05) is 6.04 Å². The minimum Gasteiger partial charge on any atom is -0.465 e. The van der Waals surface area contributed by atoms with Gasteiger partial charge in [0.25, 0.3) is 0 Å². The predicted octanol–water partition coefficient (Wildman–Crippen LogP) is 2.66. The molecule has 0 radical (unpaired) electrons. The van der Waals surface area contributed by atoms with Crippen molar-refractivity contribution in [2.75, 3.05) is 18.2 Å². The van der Waals surface area contributed by atoms with Gasteiger partial charge in [-0.05, 0) is 31.4 Å². The number of methoxy groups -OCH3 is 1. The van der Waals surface area contributed by atoms with Gasteiger partial charge in [-0.3, -0.25) is 0 Å². The molecule has 0 saturated heterocycles. The summed E-state index contributed by atoms with van der Waals surface area (Å²) < 4.78 is 4.77. The maximum absolute atomic E-state index is 11.7. The number of nitrogens with one attached hydrogen (secondary N) is 1. The van der Waals surface area contributed by atoms with Crippen molar-refractivity contribution in [1.29, 1.82) is 0 Å². The Bertz CT molecular complexity index is 441. The number of carbonyl (C=O) groups excluding carboxylic acids is 1. The molecule has 0 amide bonds. The number of nitrogens with two attached hydrogens (primary N) is 1. The van der Waals surface area contributed by atoms with Gasteiger partial charge in [0.2, 0.25) is 0 Å². The van der Waals surface area contributed by atoms with Crippen molar-refractivity contribution >= 4 is 17.3 Å². The summed E-state index contributed by atoms with van der Waals surface area (Å²) in [6.07, 6.45) is 3.76. The fourth-order valence-electron chi connectivity index (χ4n) is 2.17.